The highest BCUT2D eigenvalue weighted by Crippen LogP contribution is 2.36. The first-order chi connectivity index (χ1) is 14.1. The molecule has 0 amide bonds. The van der Waals surface area contributed by atoms with Crippen LogP contribution in [0.25, 0.3) is 10.6 Å². The fraction of sp³-hybridized carbons (Fsp3) is 0.222. The van der Waals surface area contributed by atoms with Crippen LogP contribution in [0.15, 0.2) is 34.5 Å². The largest absolute Gasteiger partial charge is 0.446 e. The van der Waals surface area contributed by atoms with E-state index >= 15 is 0 Å². The summed E-state index contributed by atoms with van der Waals surface area (Å²) in [5, 5.41) is 13.7. The Hall–Kier alpha value is -2.44. The molecule has 0 aliphatic heterocycles. The maximum Gasteiger partial charge on any atom is 0.446 e. The van der Waals surface area contributed by atoms with Crippen LogP contribution in [-0.4, -0.2) is 34.6 Å². The van der Waals surface area contributed by atoms with Gasteiger partial charge in [0.15, 0.2) is 16.0 Å². The molecule has 0 spiro atoms. The van der Waals surface area contributed by atoms with Crippen LogP contribution >= 0.6 is 34.4 Å². The fourth-order valence-corrected chi connectivity index (χ4v) is 4.33. The number of nitrogens with one attached hydrogen (secondary N) is 2. The molecule has 3 aromatic rings. The SMILES string of the molecule is CNc1nc(-c2sc(C(=N)N)nc2C)cs1.O=CCc1ccc(SC(F)(F)F)cc1. The number of halogens is 3. The number of amidine groups is 1. The smallest absolute Gasteiger partial charge is 0.382 e. The predicted molar refractivity (Wildman–Crippen MR) is 117 cm³/mol. The Kier molecular flexibility index (Phi) is 8.38. The standard InChI is InChI=1S/C9H7F3OS.C9H11N5S2/c10-9(11,12)14-8-3-1-7(2-4-8)5-6-13;1-4-6(16-8(13-4)7(10)11)5-3-15-9(12-2)14-5/h1-4,6H,5H2;3H,1-2H3,(H3,10,11)(H,12,14). The van der Waals surface area contributed by atoms with Crippen LogP contribution in [0.5, 0.6) is 0 Å². The number of aromatic nitrogens is 2. The maximum atomic E-state index is 11.9. The molecule has 0 fully saturated rings. The van der Waals surface area contributed by atoms with Gasteiger partial charge in [-0.25, -0.2) is 9.97 Å². The summed E-state index contributed by atoms with van der Waals surface area (Å²) in [6.45, 7) is 1.90. The molecule has 0 saturated heterocycles. The second kappa shape index (κ2) is 10.5. The summed E-state index contributed by atoms with van der Waals surface area (Å²) >= 11 is 2.78. The molecule has 1 aromatic carbocycles. The van der Waals surface area contributed by atoms with Crippen molar-refractivity contribution < 1.29 is 18.0 Å². The number of hydrogen-bond donors (Lipinski definition) is 3. The number of hydrogen-bond acceptors (Lipinski definition) is 8. The second-order valence-corrected chi connectivity index (χ2v) is 8.69. The lowest BCUT2D eigenvalue weighted by Gasteiger charge is -2.05. The zero-order valence-electron chi connectivity index (χ0n) is 15.9. The summed E-state index contributed by atoms with van der Waals surface area (Å²) in [6, 6.07) is 5.75. The number of alkyl halides is 3. The molecule has 160 valence electrons. The molecule has 4 N–H and O–H groups in total. The lowest BCUT2D eigenvalue weighted by Crippen LogP contribution is -2.10. The van der Waals surface area contributed by atoms with Crippen molar-refractivity contribution in [1.82, 2.24) is 9.97 Å². The van der Waals surface area contributed by atoms with Gasteiger partial charge in [0.2, 0.25) is 0 Å². The number of aldehydes is 1. The minimum atomic E-state index is -4.26. The maximum absolute atomic E-state index is 11.9. The van der Waals surface area contributed by atoms with Gasteiger partial charge in [-0.1, -0.05) is 12.1 Å². The van der Waals surface area contributed by atoms with E-state index in [4.69, 9.17) is 11.1 Å². The minimum Gasteiger partial charge on any atom is -0.382 e. The molecule has 0 unspecified atom stereocenters. The zero-order valence-corrected chi connectivity index (χ0v) is 18.4. The number of anilines is 1. The van der Waals surface area contributed by atoms with Crippen LogP contribution in [0.4, 0.5) is 18.3 Å². The van der Waals surface area contributed by atoms with Gasteiger partial charge < -0.3 is 15.8 Å². The summed E-state index contributed by atoms with van der Waals surface area (Å²) < 4.78 is 35.7. The normalized spacial score (nSPS) is 10.8. The van der Waals surface area contributed by atoms with Crippen molar-refractivity contribution in [1.29, 1.82) is 5.41 Å². The van der Waals surface area contributed by atoms with E-state index in [2.05, 4.69) is 15.3 Å². The third-order valence-corrected chi connectivity index (χ3v) is 6.27. The lowest BCUT2D eigenvalue weighted by molar-refractivity contribution is -0.107. The van der Waals surface area contributed by atoms with Crippen molar-refractivity contribution >= 4 is 51.7 Å². The van der Waals surface area contributed by atoms with E-state index in [1.54, 1.807) is 11.3 Å². The quantitative estimate of drug-likeness (QED) is 0.203. The molecule has 6 nitrogen and oxygen atoms in total. The van der Waals surface area contributed by atoms with E-state index in [1.165, 1.54) is 35.6 Å². The van der Waals surface area contributed by atoms with Gasteiger partial charge in [-0.05, 0) is 36.4 Å². The van der Waals surface area contributed by atoms with E-state index in [0.29, 0.717) is 16.9 Å². The zero-order chi connectivity index (χ0) is 22.3. The third-order valence-electron chi connectivity index (χ3n) is 3.45. The Bertz CT molecular complexity index is 999. The molecular weight excluding hydrogens is 455 g/mol. The lowest BCUT2D eigenvalue weighted by atomic mass is 10.2. The molecule has 0 radical (unpaired) electrons. The van der Waals surface area contributed by atoms with Crippen molar-refractivity contribution in [2.75, 3.05) is 12.4 Å². The highest BCUT2D eigenvalue weighted by atomic mass is 32.2. The van der Waals surface area contributed by atoms with Crippen LogP contribution in [0.3, 0.4) is 0 Å². The summed E-state index contributed by atoms with van der Waals surface area (Å²) in [7, 11) is 1.84. The molecule has 12 heteroatoms. The molecule has 0 aliphatic rings. The average molecular weight is 474 g/mol. The first kappa shape index (κ1) is 23.8. The topological polar surface area (TPSA) is 105 Å². The number of thiazole rings is 2. The first-order valence-corrected chi connectivity index (χ1v) is 10.9. The van der Waals surface area contributed by atoms with E-state index in [9.17, 15) is 18.0 Å². The molecule has 2 heterocycles. The van der Waals surface area contributed by atoms with E-state index in [1.807, 2.05) is 19.4 Å². The Morgan fingerprint density at radius 3 is 2.43 bits per heavy atom. The van der Waals surface area contributed by atoms with Gasteiger partial charge in [-0.15, -0.1) is 22.7 Å². The number of nitrogens with zero attached hydrogens (tertiary/aromatic N) is 2. The predicted octanol–water partition coefficient (Wildman–Crippen LogP) is 4.94. The van der Waals surface area contributed by atoms with Gasteiger partial charge in [-0.2, -0.15) is 13.2 Å². The Balaban J connectivity index is 0.000000216. The van der Waals surface area contributed by atoms with Crippen molar-refractivity contribution in [3.63, 3.8) is 0 Å². The number of benzene rings is 1. The van der Waals surface area contributed by atoms with Crippen molar-refractivity contribution in [2.24, 2.45) is 5.73 Å². The summed E-state index contributed by atoms with van der Waals surface area (Å²) in [5.41, 5.74) is 3.61. The number of carbonyl (C=O) groups is 1. The Morgan fingerprint density at radius 1 is 1.30 bits per heavy atom. The molecule has 3 rings (SSSR count). The fourth-order valence-electron chi connectivity index (χ4n) is 2.17. The monoisotopic (exact) mass is 473 g/mol. The van der Waals surface area contributed by atoms with Crippen LogP contribution in [0.2, 0.25) is 0 Å². The third kappa shape index (κ3) is 7.11. The van der Waals surface area contributed by atoms with E-state index in [-0.39, 0.29) is 28.9 Å². The van der Waals surface area contributed by atoms with Gasteiger partial charge in [0.1, 0.15) is 6.29 Å². The van der Waals surface area contributed by atoms with Gasteiger partial charge in [0, 0.05) is 23.7 Å². The van der Waals surface area contributed by atoms with Crippen LogP contribution < -0.4 is 11.1 Å². The summed E-state index contributed by atoms with van der Waals surface area (Å²) in [6.07, 6.45) is 0.947. The van der Waals surface area contributed by atoms with Crippen molar-refractivity contribution in [3.8, 4) is 10.6 Å². The number of aryl methyl sites for hydroxylation is 1. The Morgan fingerprint density at radius 2 is 1.97 bits per heavy atom. The van der Waals surface area contributed by atoms with Crippen LogP contribution in [0, 0.1) is 12.3 Å². The van der Waals surface area contributed by atoms with Crippen LogP contribution in [-0.2, 0) is 11.2 Å². The number of thioether (sulfide) groups is 1. The Labute approximate surface area is 183 Å². The highest BCUT2D eigenvalue weighted by Gasteiger charge is 2.28. The molecule has 30 heavy (non-hydrogen) atoms. The number of carbonyl (C=O) groups excluding carboxylic acids is 1. The van der Waals surface area contributed by atoms with Crippen LogP contribution in [0.1, 0.15) is 16.3 Å². The first-order valence-electron chi connectivity index (χ1n) is 8.36. The average Bonchev–Trinajstić information content (AvgIpc) is 3.29. The van der Waals surface area contributed by atoms with Gasteiger partial charge in [0.25, 0.3) is 0 Å². The molecular formula is C18H18F3N5OS3. The summed E-state index contributed by atoms with van der Waals surface area (Å²) in [4.78, 5) is 19.8. The van der Waals surface area contributed by atoms with E-state index in [0.717, 1.165) is 21.4 Å². The number of nitrogens with two attached hydrogens (primary N) is 1. The molecule has 2 aromatic heterocycles. The molecule has 0 saturated carbocycles. The van der Waals surface area contributed by atoms with E-state index < -0.39 is 5.51 Å². The second-order valence-electron chi connectivity index (χ2n) is 5.70. The van der Waals surface area contributed by atoms with Crippen molar-refractivity contribution in [2.45, 2.75) is 23.7 Å². The van der Waals surface area contributed by atoms with Gasteiger partial charge in [0.05, 0.1) is 16.3 Å². The van der Waals surface area contributed by atoms with Gasteiger partial charge >= 0.3 is 5.51 Å². The number of rotatable bonds is 6. The summed E-state index contributed by atoms with van der Waals surface area (Å²) in [5.74, 6) is 0.00317. The molecule has 0 bridgehead atoms. The van der Waals surface area contributed by atoms with Gasteiger partial charge in [-0.3, -0.25) is 5.41 Å². The molecule has 0 atom stereocenters. The minimum absolute atomic E-state index is 0.00317. The number of nitrogen functional groups attached to an aromatic ring is 1. The molecule has 0 aliphatic carbocycles. The van der Waals surface area contributed by atoms with Crippen molar-refractivity contribution in [3.05, 3.63) is 45.9 Å². The highest BCUT2D eigenvalue weighted by molar-refractivity contribution is 8.00.